The lowest BCUT2D eigenvalue weighted by Gasteiger charge is -2.00. The van der Waals surface area contributed by atoms with E-state index >= 15 is 0 Å². The maximum atomic E-state index is 12.7. The molecule has 1 aromatic heterocycles. The van der Waals surface area contributed by atoms with Crippen LogP contribution in [0.2, 0.25) is 0 Å². The zero-order chi connectivity index (χ0) is 14.2. The molecule has 0 unspecified atom stereocenters. The van der Waals surface area contributed by atoms with Crippen molar-refractivity contribution in [3.8, 4) is 11.5 Å². The molecule has 2 aromatic rings. The van der Waals surface area contributed by atoms with E-state index in [2.05, 4.69) is 9.40 Å². The molecule has 0 aliphatic heterocycles. The molecule has 1 heterocycles. The third-order valence-electron chi connectivity index (χ3n) is 2.18. The van der Waals surface area contributed by atoms with E-state index in [-0.39, 0.29) is 5.56 Å². The zero-order valence-corrected chi connectivity index (χ0v) is 9.03. The Kier molecular flexibility index (Phi) is 3.01. The van der Waals surface area contributed by atoms with Crippen molar-refractivity contribution in [1.29, 1.82) is 0 Å². The first-order valence-electron chi connectivity index (χ1n) is 4.86. The fraction of sp³-hybridized carbons (Fsp3) is 0.0909. The van der Waals surface area contributed by atoms with E-state index in [0.29, 0.717) is 0 Å². The molecule has 0 amide bonds. The predicted octanol–water partition coefficient (Wildman–Crippen LogP) is 3.20. The zero-order valence-electron chi connectivity index (χ0n) is 9.03. The number of halogens is 4. The van der Waals surface area contributed by atoms with Crippen LogP contribution in [0.15, 0.2) is 28.7 Å². The fourth-order valence-corrected chi connectivity index (χ4v) is 1.37. The van der Waals surface area contributed by atoms with Gasteiger partial charge in [-0.3, -0.25) is 0 Å². The van der Waals surface area contributed by atoms with E-state index in [9.17, 15) is 22.4 Å². The van der Waals surface area contributed by atoms with Crippen LogP contribution < -0.4 is 0 Å². The number of carboxylic acid groups (broad SMARTS) is 1. The average molecular weight is 275 g/mol. The standard InChI is InChI=1S/C11H5F4NO3/c12-6-3-1-5(2-4-6)9-16-8(11(13,14)15)7(19-9)10(17)18/h1-4H,(H,17,18). The second-order valence-electron chi connectivity index (χ2n) is 3.51. The molecule has 2 rings (SSSR count). The maximum Gasteiger partial charge on any atom is 0.437 e. The number of hydrogen-bond donors (Lipinski definition) is 1. The van der Waals surface area contributed by atoms with Crippen molar-refractivity contribution >= 4 is 5.97 Å². The topological polar surface area (TPSA) is 63.3 Å². The number of rotatable bonds is 2. The number of alkyl halides is 3. The number of carbonyl (C=O) groups is 1. The van der Waals surface area contributed by atoms with E-state index in [1.807, 2.05) is 0 Å². The molecular weight excluding hydrogens is 270 g/mol. The van der Waals surface area contributed by atoms with Crippen molar-refractivity contribution in [2.75, 3.05) is 0 Å². The number of aromatic nitrogens is 1. The van der Waals surface area contributed by atoms with Gasteiger partial charge in [0.1, 0.15) is 5.82 Å². The van der Waals surface area contributed by atoms with Gasteiger partial charge in [-0.15, -0.1) is 0 Å². The summed E-state index contributed by atoms with van der Waals surface area (Å²) >= 11 is 0. The van der Waals surface area contributed by atoms with Gasteiger partial charge in [-0.2, -0.15) is 13.2 Å². The SMILES string of the molecule is O=C(O)c1oc(-c2ccc(F)cc2)nc1C(F)(F)F. The first-order chi connectivity index (χ1) is 8.79. The summed E-state index contributed by atoms with van der Waals surface area (Å²) in [6.45, 7) is 0. The minimum Gasteiger partial charge on any atom is -0.475 e. The fourth-order valence-electron chi connectivity index (χ4n) is 1.37. The minimum atomic E-state index is -4.95. The van der Waals surface area contributed by atoms with Crippen molar-refractivity contribution in [1.82, 2.24) is 4.98 Å². The molecule has 0 atom stereocenters. The van der Waals surface area contributed by atoms with Gasteiger partial charge in [-0.05, 0) is 24.3 Å². The van der Waals surface area contributed by atoms with Crippen LogP contribution in [-0.4, -0.2) is 16.1 Å². The third kappa shape index (κ3) is 2.56. The smallest absolute Gasteiger partial charge is 0.437 e. The Balaban J connectivity index is 2.55. The van der Waals surface area contributed by atoms with Gasteiger partial charge in [0.15, 0.2) is 5.69 Å². The van der Waals surface area contributed by atoms with E-state index < -0.39 is 35.3 Å². The Morgan fingerprint density at radius 1 is 1.21 bits per heavy atom. The average Bonchev–Trinajstić information content (AvgIpc) is 2.74. The first-order valence-corrected chi connectivity index (χ1v) is 4.86. The lowest BCUT2D eigenvalue weighted by atomic mass is 10.2. The van der Waals surface area contributed by atoms with Crippen LogP contribution >= 0.6 is 0 Å². The summed E-state index contributed by atoms with van der Waals surface area (Å²) in [5.74, 6) is -4.31. The summed E-state index contributed by atoms with van der Waals surface area (Å²) in [6, 6.07) is 4.25. The van der Waals surface area contributed by atoms with Crippen LogP contribution in [0.3, 0.4) is 0 Å². The summed E-state index contributed by atoms with van der Waals surface area (Å²) in [5, 5.41) is 8.64. The van der Waals surface area contributed by atoms with Gasteiger partial charge in [0, 0.05) is 5.56 Å². The quantitative estimate of drug-likeness (QED) is 0.855. The van der Waals surface area contributed by atoms with Gasteiger partial charge in [-0.1, -0.05) is 0 Å². The van der Waals surface area contributed by atoms with Crippen LogP contribution in [0, 0.1) is 5.82 Å². The van der Waals surface area contributed by atoms with Crippen molar-refractivity contribution in [2.24, 2.45) is 0 Å². The van der Waals surface area contributed by atoms with E-state index in [1.54, 1.807) is 0 Å². The number of hydrogen-bond acceptors (Lipinski definition) is 3. The monoisotopic (exact) mass is 275 g/mol. The van der Waals surface area contributed by atoms with E-state index in [1.165, 1.54) is 0 Å². The molecule has 1 N–H and O–H groups in total. The van der Waals surface area contributed by atoms with Gasteiger partial charge >= 0.3 is 12.1 Å². The van der Waals surface area contributed by atoms with Crippen molar-refractivity contribution in [3.63, 3.8) is 0 Å². The van der Waals surface area contributed by atoms with Crippen LogP contribution in [0.5, 0.6) is 0 Å². The summed E-state index contributed by atoms with van der Waals surface area (Å²) in [7, 11) is 0. The second-order valence-corrected chi connectivity index (χ2v) is 3.51. The Labute approximate surface area is 103 Å². The molecule has 0 spiro atoms. The number of oxazole rings is 1. The molecule has 0 fully saturated rings. The Hall–Kier alpha value is -2.38. The third-order valence-corrected chi connectivity index (χ3v) is 2.18. The summed E-state index contributed by atoms with van der Waals surface area (Å²) in [4.78, 5) is 13.8. The number of carboxylic acids is 1. The maximum absolute atomic E-state index is 12.7. The molecule has 19 heavy (non-hydrogen) atoms. The second kappa shape index (κ2) is 4.38. The Morgan fingerprint density at radius 2 is 1.79 bits per heavy atom. The van der Waals surface area contributed by atoms with Gasteiger partial charge in [0.2, 0.25) is 11.7 Å². The number of aromatic carboxylic acids is 1. The van der Waals surface area contributed by atoms with Crippen LogP contribution in [0.1, 0.15) is 16.2 Å². The molecule has 0 radical (unpaired) electrons. The van der Waals surface area contributed by atoms with Gasteiger partial charge < -0.3 is 9.52 Å². The molecular formula is C11H5F4NO3. The van der Waals surface area contributed by atoms with E-state index in [0.717, 1.165) is 24.3 Å². The van der Waals surface area contributed by atoms with Crippen molar-refractivity contribution < 1.29 is 31.9 Å². The van der Waals surface area contributed by atoms with Gasteiger partial charge in [-0.25, -0.2) is 14.2 Å². The summed E-state index contributed by atoms with van der Waals surface area (Å²) < 4.78 is 54.9. The first kappa shape index (κ1) is 13.1. The van der Waals surface area contributed by atoms with Crippen molar-refractivity contribution in [2.45, 2.75) is 6.18 Å². The molecule has 0 saturated heterocycles. The molecule has 0 bridgehead atoms. The van der Waals surface area contributed by atoms with Crippen molar-refractivity contribution in [3.05, 3.63) is 41.5 Å². The van der Waals surface area contributed by atoms with Crippen LogP contribution in [0.25, 0.3) is 11.5 Å². The lowest BCUT2D eigenvalue weighted by Crippen LogP contribution is -2.11. The Bertz CT molecular complexity index is 616. The highest BCUT2D eigenvalue weighted by atomic mass is 19.4. The molecule has 4 nitrogen and oxygen atoms in total. The Morgan fingerprint density at radius 3 is 2.21 bits per heavy atom. The molecule has 1 aromatic carbocycles. The van der Waals surface area contributed by atoms with Crippen LogP contribution in [0.4, 0.5) is 17.6 Å². The lowest BCUT2D eigenvalue weighted by molar-refractivity contribution is -0.141. The molecule has 0 saturated carbocycles. The molecule has 8 heteroatoms. The predicted molar refractivity (Wildman–Crippen MR) is 53.9 cm³/mol. The van der Waals surface area contributed by atoms with Gasteiger partial charge in [0.25, 0.3) is 0 Å². The minimum absolute atomic E-state index is 0.0411. The molecule has 0 aliphatic rings. The van der Waals surface area contributed by atoms with Crippen LogP contribution in [-0.2, 0) is 6.18 Å². The molecule has 100 valence electrons. The highest BCUT2D eigenvalue weighted by Crippen LogP contribution is 2.34. The number of benzene rings is 1. The normalized spacial score (nSPS) is 11.6. The van der Waals surface area contributed by atoms with Gasteiger partial charge in [0.05, 0.1) is 0 Å². The highest BCUT2D eigenvalue weighted by molar-refractivity contribution is 5.86. The highest BCUT2D eigenvalue weighted by Gasteiger charge is 2.41. The van der Waals surface area contributed by atoms with E-state index in [4.69, 9.17) is 5.11 Å². The largest absolute Gasteiger partial charge is 0.475 e. The molecule has 0 aliphatic carbocycles. The summed E-state index contributed by atoms with van der Waals surface area (Å²) in [5.41, 5.74) is -1.58. The summed E-state index contributed by atoms with van der Waals surface area (Å²) in [6.07, 6.45) is -4.95. The number of nitrogens with zero attached hydrogens (tertiary/aromatic N) is 1.